The Balaban J connectivity index is 2.98. The standard InChI is InChI=1S/C14H24N2O/c1-6-17-13(14(2,3)4)12(15-5)11-8-7-9-16-10-11/h7-10,12-13,15H,6H2,1-5H3. The summed E-state index contributed by atoms with van der Waals surface area (Å²) in [6.45, 7) is 9.37. The second-order valence-corrected chi connectivity index (χ2v) is 5.29. The number of hydrogen-bond acceptors (Lipinski definition) is 3. The third kappa shape index (κ3) is 3.79. The van der Waals surface area contributed by atoms with Crippen LogP contribution < -0.4 is 5.32 Å². The SMILES string of the molecule is CCOC(C(NC)c1cccnc1)C(C)(C)C. The van der Waals surface area contributed by atoms with Gasteiger partial charge in [-0.25, -0.2) is 0 Å². The second kappa shape index (κ2) is 6.12. The lowest BCUT2D eigenvalue weighted by molar-refractivity contribution is -0.0351. The molecule has 2 unspecified atom stereocenters. The lowest BCUT2D eigenvalue weighted by Gasteiger charge is -2.36. The summed E-state index contributed by atoms with van der Waals surface area (Å²) in [5, 5.41) is 3.34. The molecule has 0 saturated carbocycles. The highest BCUT2D eigenvalue weighted by Gasteiger charge is 2.33. The normalized spacial score (nSPS) is 15.6. The van der Waals surface area contributed by atoms with E-state index in [1.165, 1.54) is 5.56 Å². The van der Waals surface area contributed by atoms with Crippen LogP contribution in [0.25, 0.3) is 0 Å². The largest absolute Gasteiger partial charge is 0.376 e. The van der Waals surface area contributed by atoms with Crippen molar-refractivity contribution >= 4 is 0 Å². The third-order valence-corrected chi connectivity index (χ3v) is 2.86. The Kier molecular flexibility index (Phi) is 5.09. The molecule has 0 aliphatic rings. The molecule has 0 aliphatic carbocycles. The Bertz CT molecular complexity index is 319. The summed E-state index contributed by atoms with van der Waals surface area (Å²) in [5.41, 5.74) is 1.25. The van der Waals surface area contributed by atoms with E-state index in [0.29, 0.717) is 0 Å². The van der Waals surface area contributed by atoms with Gasteiger partial charge in [-0.3, -0.25) is 4.98 Å². The molecule has 0 amide bonds. The highest BCUT2D eigenvalue weighted by molar-refractivity contribution is 5.16. The van der Waals surface area contributed by atoms with E-state index in [1.807, 2.05) is 26.2 Å². The summed E-state index contributed by atoms with van der Waals surface area (Å²) in [7, 11) is 1.97. The predicted molar refractivity (Wildman–Crippen MR) is 70.9 cm³/mol. The van der Waals surface area contributed by atoms with Gasteiger partial charge >= 0.3 is 0 Å². The molecule has 0 spiro atoms. The van der Waals surface area contributed by atoms with E-state index in [4.69, 9.17) is 4.74 Å². The number of nitrogens with zero attached hydrogens (tertiary/aromatic N) is 1. The first-order valence-corrected chi connectivity index (χ1v) is 6.19. The van der Waals surface area contributed by atoms with Crippen LogP contribution >= 0.6 is 0 Å². The van der Waals surface area contributed by atoms with Crippen LogP contribution in [0, 0.1) is 5.41 Å². The predicted octanol–water partition coefficient (Wildman–Crippen LogP) is 2.79. The molecule has 1 N–H and O–H groups in total. The number of hydrogen-bond donors (Lipinski definition) is 1. The van der Waals surface area contributed by atoms with Crippen molar-refractivity contribution in [1.29, 1.82) is 0 Å². The van der Waals surface area contributed by atoms with Gasteiger partial charge in [-0.1, -0.05) is 26.8 Å². The molecule has 3 heteroatoms. The van der Waals surface area contributed by atoms with Gasteiger partial charge in [0.15, 0.2) is 0 Å². The van der Waals surface area contributed by atoms with Gasteiger partial charge in [0.2, 0.25) is 0 Å². The van der Waals surface area contributed by atoms with Crippen molar-refractivity contribution in [2.75, 3.05) is 13.7 Å². The quantitative estimate of drug-likeness (QED) is 0.853. The average molecular weight is 236 g/mol. The van der Waals surface area contributed by atoms with Crippen molar-refractivity contribution < 1.29 is 4.74 Å². The molecule has 3 nitrogen and oxygen atoms in total. The van der Waals surface area contributed by atoms with Gasteiger partial charge in [0.1, 0.15) is 0 Å². The topological polar surface area (TPSA) is 34.1 Å². The molecule has 0 saturated heterocycles. The molecule has 1 heterocycles. The van der Waals surface area contributed by atoms with Crippen LogP contribution in [-0.2, 0) is 4.74 Å². The fraction of sp³-hybridized carbons (Fsp3) is 0.643. The minimum Gasteiger partial charge on any atom is -0.376 e. The fourth-order valence-electron chi connectivity index (χ4n) is 2.08. The van der Waals surface area contributed by atoms with Crippen LogP contribution in [0.1, 0.15) is 39.3 Å². The Labute approximate surface area is 105 Å². The van der Waals surface area contributed by atoms with Gasteiger partial charge in [0, 0.05) is 19.0 Å². The highest BCUT2D eigenvalue weighted by atomic mass is 16.5. The van der Waals surface area contributed by atoms with Crippen molar-refractivity contribution in [3.8, 4) is 0 Å². The Hall–Kier alpha value is -0.930. The van der Waals surface area contributed by atoms with Crippen molar-refractivity contribution in [1.82, 2.24) is 10.3 Å². The van der Waals surface area contributed by atoms with E-state index in [0.717, 1.165) is 6.61 Å². The minimum absolute atomic E-state index is 0.0829. The van der Waals surface area contributed by atoms with Crippen LogP contribution in [0.3, 0.4) is 0 Å². The van der Waals surface area contributed by atoms with Crippen molar-refractivity contribution in [2.45, 2.75) is 39.8 Å². The maximum absolute atomic E-state index is 5.92. The van der Waals surface area contributed by atoms with E-state index in [2.05, 4.69) is 37.1 Å². The molecule has 96 valence electrons. The third-order valence-electron chi connectivity index (χ3n) is 2.86. The maximum atomic E-state index is 5.92. The maximum Gasteiger partial charge on any atom is 0.0818 e. The lowest BCUT2D eigenvalue weighted by Crippen LogP contribution is -2.41. The van der Waals surface area contributed by atoms with Gasteiger partial charge in [-0.2, -0.15) is 0 Å². The number of rotatable bonds is 5. The number of pyridine rings is 1. The fourth-order valence-corrected chi connectivity index (χ4v) is 2.08. The number of nitrogens with one attached hydrogen (secondary N) is 1. The number of aromatic nitrogens is 1. The molecule has 0 aromatic carbocycles. The first-order chi connectivity index (χ1) is 8.00. The number of ether oxygens (including phenoxy) is 1. The van der Waals surface area contributed by atoms with Crippen molar-refractivity contribution in [3.63, 3.8) is 0 Å². The zero-order valence-electron chi connectivity index (χ0n) is 11.5. The second-order valence-electron chi connectivity index (χ2n) is 5.29. The van der Waals surface area contributed by atoms with E-state index >= 15 is 0 Å². The smallest absolute Gasteiger partial charge is 0.0818 e. The van der Waals surface area contributed by atoms with Crippen molar-refractivity contribution in [3.05, 3.63) is 30.1 Å². The molecule has 0 fully saturated rings. The van der Waals surface area contributed by atoms with Gasteiger partial charge in [-0.15, -0.1) is 0 Å². The van der Waals surface area contributed by atoms with Crippen molar-refractivity contribution in [2.24, 2.45) is 5.41 Å². The summed E-state index contributed by atoms with van der Waals surface area (Å²) in [6.07, 6.45) is 3.82. The summed E-state index contributed by atoms with van der Waals surface area (Å²) in [6, 6.07) is 4.22. The Morgan fingerprint density at radius 2 is 2.12 bits per heavy atom. The first-order valence-electron chi connectivity index (χ1n) is 6.19. The molecule has 0 bridgehead atoms. The summed E-state index contributed by atoms with van der Waals surface area (Å²) < 4.78 is 5.92. The average Bonchev–Trinajstić information content (AvgIpc) is 2.29. The van der Waals surface area contributed by atoms with E-state index < -0.39 is 0 Å². The monoisotopic (exact) mass is 236 g/mol. The molecule has 1 rings (SSSR count). The zero-order valence-corrected chi connectivity index (χ0v) is 11.5. The number of likely N-dealkylation sites (N-methyl/N-ethyl adjacent to an activating group) is 1. The molecular weight excluding hydrogens is 212 g/mol. The van der Waals surface area contributed by atoms with Gasteiger partial charge < -0.3 is 10.1 Å². The molecule has 1 aromatic rings. The molecule has 17 heavy (non-hydrogen) atoms. The molecule has 0 radical (unpaired) electrons. The van der Waals surface area contributed by atoms with Crippen LogP contribution in [0.15, 0.2) is 24.5 Å². The van der Waals surface area contributed by atoms with Gasteiger partial charge in [0.05, 0.1) is 12.1 Å². The van der Waals surface area contributed by atoms with Gasteiger partial charge in [0.25, 0.3) is 0 Å². The highest BCUT2D eigenvalue weighted by Crippen LogP contribution is 2.32. The lowest BCUT2D eigenvalue weighted by atomic mass is 9.82. The molecule has 2 atom stereocenters. The van der Waals surface area contributed by atoms with Crippen LogP contribution in [0.4, 0.5) is 0 Å². The molecule has 0 aliphatic heterocycles. The summed E-state index contributed by atoms with van der Waals surface area (Å²) >= 11 is 0. The van der Waals surface area contributed by atoms with Crippen LogP contribution in [-0.4, -0.2) is 24.7 Å². The van der Waals surface area contributed by atoms with E-state index in [1.54, 1.807) is 6.20 Å². The minimum atomic E-state index is 0.0829. The van der Waals surface area contributed by atoms with Crippen LogP contribution in [0.2, 0.25) is 0 Å². The Morgan fingerprint density at radius 3 is 2.53 bits per heavy atom. The summed E-state index contributed by atoms with van der Waals surface area (Å²) in [5.74, 6) is 0. The molecule has 1 aromatic heterocycles. The first kappa shape index (κ1) is 14.1. The van der Waals surface area contributed by atoms with E-state index in [-0.39, 0.29) is 17.6 Å². The van der Waals surface area contributed by atoms with Gasteiger partial charge in [-0.05, 0) is 31.0 Å². The molecular formula is C14H24N2O. The van der Waals surface area contributed by atoms with Crippen LogP contribution in [0.5, 0.6) is 0 Å². The zero-order chi connectivity index (χ0) is 12.9. The van der Waals surface area contributed by atoms with E-state index in [9.17, 15) is 0 Å². The Morgan fingerprint density at radius 1 is 1.41 bits per heavy atom. The summed E-state index contributed by atoms with van der Waals surface area (Å²) in [4.78, 5) is 4.18.